The van der Waals surface area contributed by atoms with Crippen molar-refractivity contribution < 1.29 is 24.2 Å². The van der Waals surface area contributed by atoms with E-state index in [1.165, 1.54) is 14.2 Å². The molecule has 0 bridgehead atoms. The van der Waals surface area contributed by atoms with Gasteiger partial charge in [-0.2, -0.15) is 0 Å². The second kappa shape index (κ2) is 6.05. The quantitative estimate of drug-likeness (QED) is 0.784. The summed E-state index contributed by atoms with van der Waals surface area (Å²) >= 11 is 0. The van der Waals surface area contributed by atoms with E-state index >= 15 is 0 Å². The molecule has 0 spiro atoms. The first-order valence-corrected chi connectivity index (χ1v) is 5.47. The van der Waals surface area contributed by atoms with Crippen molar-refractivity contribution in [3.8, 4) is 11.5 Å². The van der Waals surface area contributed by atoms with Crippen LogP contribution in [0.25, 0.3) is 0 Å². The van der Waals surface area contributed by atoms with Crippen molar-refractivity contribution in [1.82, 2.24) is 0 Å². The van der Waals surface area contributed by atoms with Gasteiger partial charge in [0.05, 0.1) is 20.6 Å². The number of carboxylic acid groups (broad SMARTS) is 1. The fourth-order valence-corrected chi connectivity index (χ4v) is 1.59. The first kappa shape index (κ1) is 14.0. The van der Waals surface area contributed by atoms with E-state index in [1.807, 2.05) is 0 Å². The van der Waals surface area contributed by atoms with Crippen molar-refractivity contribution in [2.45, 2.75) is 13.3 Å². The maximum Gasteiger partial charge on any atom is 0.304 e. The van der Waals surface area contributed by atoms with E-state index in [2.05, 4.69) is 0 Å². The lowest BCUT2D eigenvalue weighted by molar-refractivity contribution is -0.137. The Labute approximate surface area is 105 Å². The molecule has 0 radical (unpaired) electrons. The predicted molar refractivity (Wildman–Crippen MR) is 65.3 cm³/mol. The first-order chi connectivity index (χ1) is 8.47. The van der Waals surface area contributed by atoms with Crippen LogP contribution in [0.1, 0.15) is 23.7 Å². The topological polar surface area (TPSA) is 72.8 Å². The zero-order chi connectivity index (χ0) is 13.7. The zero-order valence-corrected chi connectivity index (χ0v) is 10.6. The van der Waals surface area contributed by atoms with Crippen LogP contribution in [-0.4, -0.2) is 31.1 Å². The summed E-state index contributed by atoms with van der Waals surface area (Å²) in [6.45, 7) is 1.59. The molecular weight excluding hydrogens is 236 g/mol. The van der Waals surface area contributed by atoms with E-state index in [0.29, 0.717) is 17.1 Å². The standard InChI is InChI=1S/C13H16O5/c1-8(4-12(14)15)13(16)9-5-10(17-2)7-11(6-9)18-3/h5-8H,4H2,1-3H3,(H,14,15). The number of hydrogen-bond donors (Lipinski definition) is 1. The van der Waals surface area contributed by atoms with Crippen LogP contribution in [0.4, 0.5) is 0 Å². The summed E-state index contributed by atoms with van der Waals surface area (Å²) in [5, 5.41) is 8.68. The van der Waals surface area contributed by atoms with Gasteiger partial charge in [0, 0.05) is 17.5 Å². The number of rotatable bonds is 6. The molecule has 0 fully saturated rings. The van der Waals surface area contributed by atoms with Crippen molar-refractivity contribution in [2.75, 3.05) is 14.2 Å². The average Bonchev–Trinajstić information content (AvgIpc) is 2.36. The summed E-state index contributed by atoms with van der Waals surface area (Å²) in [6.07, 6.45) is -0.196. The van der Waals surface area contributed by atoms with Crippen molar-refractivity contribution in [3.05, 3.63) is 23.8 Å². The van der Waals surface area contributed by atoms with Crippen molar-refractivity contribution in [3.63, 3.8) is 0 Å². The number of carbonyl (C=O) groups excluding carboxylic acids is 1. The van der Waals surface area contributed by atoms with E-state index in [0.717, 1.165) is 0 Å². The Balaban J connectivity index is 3.00. The minimum absolute atomic E-state index is 0.196. The SMILES string of the molecule is COc1cc(OC)cc(C(=O)C(C)CC(=O)O)c1. The minimum Gasteiger partial charge on any atom is -0.497 e. The molecule has 0 amide bonds. The molecule has 1 unspecified atom stereocenters. The number of aliphatic carboxylic acids is 1. The number of hydrogen-bond acceptors (Lipinski definition) is 4. The molecule has 0 aromatic heterocycles. The number of Topliss-reactive ketones (excluding diaryl/α,β-unsaturated/α-hetero) is 1. The van der Waals surface area contributed by atoms with Gasteiger partial charge in [-0.05, 0) is 12.1 Å². The molecule has 1 atom stereocenters. The molecule has 5 nitrogen and oxygen atoms in total. The number of ketones is 1. The van der Waals surface area contributed by atoms with Crippen molar-refractivity contribution in [1.29, 1.82) is 0 Å². The molecule has 18 heavy (non-hydrogen) atoms. The summed E-state index contributed by atoms with van der Waals surface area (Å²) < 4.78 is 10.1. The second-order valence-corrected chi connectivity index (χ2v) is 3.96. The molecule has 0 saturated heterocycles. The molecule has 98 valence electrons. The maximum absolute atomic E-state index is 12.0. The Bertz CT molecular complexity index is 430. The van der Waals surface area contributed by atoms with Crippen LogP contribution in [0.15, 0.2) is 18.2 Å². The zero-order valence-electron chi connectivity index (χ0n) is 10.6. The van der Waals surface area contributed by atoms with Crippen LogP contribution in [-0.2, 0) is 4.79 Å². The Kier molecular flexibility index (Phi) is 4.71. The van der Waals surface area contributed by atoms with Gasteiger partial charge in [-0.1, -0.05) is 6.92 Å². The molecular formula is C13H16O5. The highest BCUT2D eigenvalue weighted by Crippen LogP contribution is 2.24. The van der Waals surface area contributed by atoms with E-state index < -0.39 is 11.9 Å². The van der Waals surface area contributed by atoms with E-state index in [-0.39, 0.29) is 12.2 Å². The molecule has 1 rings (SSSR count). The number of ether oxygens (including phenoxy) is 2. The molecule has 1 N–H and O–H groups in total. The summed E-state index contributed by atoms with van der Waals surface area (Å²) in [7, 11) is 2.98. The molecule has 0 aliphatic rings. The largest absolute Gasteiger partial charge is 0.497 e. The van der Waals surface area contributed by atoms with Gasteiger partial charge in [0.1, 0.15) is 11.5 Å². The van der Waals surface area contributed by atoms with Crippen LogP contribution < -0.4 is 9.47 Å². The Morgan fingerprint density at radius 2 is 1.67 bits per heavy atom. The van der Waals surface area contributed by atoms with E-state index in [1.54, 1.807) is 25.1 Å². The number of methoxy groups -OCH3 is 2. The number of carboxylic acids is 1. The summed E-state index contributed by atoms with van der Waals surface area (Å²) in [4.78, 5) is 22.6. The van der Waals surface area contributed by atoms with Gasteiger partial charge >= 0.3 is 5.97 Å². The Morgan fingerprint density at radius 1 is 1.17 bits per heavy atom. The first-order valence-electron chi connectivity index (χ1n) is 5.47. The van der Waals surface area contributed by atoms with E-state index in [4.69, 9.17) is 14.6 Å². The normalized spacial score (nSPS) is 11.7. The lowest BCUT2D eigenvalue weighted by Crippen LogP contribution is -2.15. The van der Waals surface area contributed by atoms with Crippen LogP contribution in [0, 0.1) is 5.92 Å². The maximum atomic E-state index is 12.0. The van der Waals surface area contributed by atoms with Crippen LogP contribution in [0.2, 0.25) is 0 Å². The second-order valence-electron chi connectivity index (χ2n) is 3.96. The minimum atomic E-state index is -0.995. The molecule has 0 aliphatic carbocycles. The fourth-order valence-electron chi connectivity index (χ4n) is 1.59. The van der Waals surface area contributed by atoms with E-state index in [9.17, 15) is 9.59 Å². The number of carbonyl (C=O) groups is 2. The molecule has 0 heterocycles. The van der Waals surface area contributed by atoms with Crippen LogP contribution in [0.3, 0.4) is 0 Å². The summed E-state index contributed by atoms with van der Waals surface area (Å²) in [6, 6.07) is 4.80. The van der Waals surface area contributed by atoms with Gasteiger partial charge in [-0.25, -0.2) is 0 Å². The average molecular weight is 252 g/mol. The highest BCUT2D eigenvalue weighted by Gasteiger charge is 2.19. The van der Waals surface area contributed by atoms with Crippen LogP contribution >= 0.6 is 0 Å². The van der Waals surface area contributed by atoms with Crippen LogP contribution in [0.5, 0.6) is 11.5 Å². The third-order valence-corrected chi connectivity index (χ3v) is 2.56. The molecule has 0 saturated carbocycles. The van der Waals surface area contributed by atoms with Crippen molar-refractivity contribution >= 4 is 11.8 Å². The monoisotopic (exact) mass is 252 g/mol. The van der Waals surface area contributed by atoms with Gasteiger partial charge in [-0.3, -0.25) is 9.59 Å². The van der Waals surface area contributed by atoms with Crippen molar-refractivity contribution in [2.24, 2.45) is 5.92 Å². The van der Waals surface area contributed by atoms with Gasteiger partial charge < -0.3 is 14.6 Å². The lowest BCUT2D eigenvalue weighted by atomic mass is 9.96. The fraction of sp³-hybridized carbons (Fsp3) is 0.385. The Morgan fingerprint density at radius 3 is 2.06 bits per heavy atom. The summed E-state index contributed by atoms with van der Waals surface area (Å²) in [5.74, 6) is -0.819. The highest BCUT2D eigenvalue weighted by atomic mass is 16.5. The smallest absolute Gasteiger partial charge is 0.304 e. The highest BCUT2D eigenvalue weighted by molar-refractivity contribution is 5.99. The van der Waals surface area contributed by atoms with Gasteiger partial charge in [0.15, 0.2) is 5.78 Å². The molecule has 5 heteroatoms. The summed E-state index contributed by atoms with van der Waals surface area (Å²) in [5.41, 5.74) is 0.389. The predicted octanol–water partition coefficient (Wildman–Crippen LogP) is 2.00. The van der Waals surface area contributed by atoms with Gasteiger partial charge in [0.2, 0.25) is 0 Å². The third kappa shape index (κ3) is 3.48. The Hall–Kier alpha value is -2.04. The molecule has 1 aromatic carbocycles. The van der Waals surface area contributed by atoms with Gasteiger partial charge in [-0.15, -0.1) is 0 Å². The third-order valence-electron chi connectivity index (χ3n) is 2.56. The van der Waals surface area contributed by atoms with Gasteiger partial charge in [0.25, 0.3) is 0 Å². The molecule has 0 aliphatic heterocycles. The molecule has 1 aromatic rings. The lowest BCUT2D eigenvalue weighted by Gasteiger charge is -2.11. The number of benzene rings is 1.